The number of rotatable bonds is 5. The summed E-state index contributed by atoms with van der Waals surface area (Å²) in [5, 5.41) is 3.58. The molecule has 0 spiro atoms. The smallest absolute Gasteiger partial charge is 0.148 e. The minimum Gasteiger partial charge on any atom is -0.311 e. The summed E-state index contributed by atoms with van der Waals surface area (Å²) < 4.78 is 22.5. The van der Waals surface area contributed by atoms with E-state index in [2.05, 4.69) is 17.1 Å². The van der Waals surface area contributed by atoms with E-state index in [0.29, 0.717) is 24.4 Å². The van der Waals surface area contributed by atoms with Crippen molar-refractivity contribution in [2.45, 2.75) is 38.3 Å². The van der Waals surface area contributed by atoms with Gasteiger partial charge < -0.3 is 5.32 Å². The van der Waals surface area contributed by atoms with Gasteiger partial charge in [-0.2, -0.15) is 0 Å². The Kier molecular flexibility index (Phi) is 4.10. The molecular weight excluding hydrogens is 236 g/mol. The van der Waals surface area contributed by atoms with E-state index in [4.69, 9.17) is 0 Å². The van der Waals surface area contributed by atoms with Crippen LogP contribution in [0.5, 0.6) is 0 Å². The summed E-state index contributed by atoms with van der Waals surface area (Å²) in [5.41, 5.74) is 0. The van der Waals surface area contributed by atoms with Gasteiger partial charge in [0.1, 0.15) is 9.84 Å². The number of hydrogen-bond acceptors (Lipinski definition) is 4. The molecule has 2 atom stereocenters. The summed E-state index contributed by atoms with van der Waals surface area (Å²) in [4.78, 5) is 2.41. The number of nitrogens with zero attached hydrogens (tertiary/aromatic N) is 1. The molecule has 0 amide bonds. The van der Waals surface area contributed by atoms with Crippen LogP contribution in [0.15, 0.2) is 0 Å². The first-order chi connectivity index (χ1) is 7.99. The van der Waals surface area contributed by atoms with Crippen LogP contribution in [0, 0.1) is 5.92 Å². The average Bonchev–Trinajstić information content (AvgIpc) is 3.09. The second-order valence-electron chi connectivity index (χ2n) is 5.54. The molecule has 1 aliphatic heterocycles. The Hall–Kier alpha value is -0.130. The highest BCUT2D eigenvalue weighted by Gasteiger charge is 2.38. The molecule has 2 rings (SSSR count). The van der Waals surface area contributed by atoms with Gasteiger partial charge in [0.15, 0.2) is 0 Å². The van der Waals surface area contributed by atoms with Crippen LogP contribution in [0.1, 0.15) is 26.2 Å². The largest absolute Gasteiger partial charge is 0.311 e. The molecule has 1 N–H and O–H groups in total. The molecule has 0 bridgehead atoms. The normalized spacial score (nSPS) is 31.6. The van der Waals surface area contributed by atoms with Crippen LogP contribution in [0.4, 0.5) is 0 Å². The summed E-state index contributed by atoms with van der Waals surface area (Å²) in [6.45, 7) is 4.93. The van der Waals surface area contributed by atoms with Crippen LogP contribution in [-0.2, 0) is 9.84 Å². The molecular formula is C12H24N2O2S. The number of nitrogens with one attached hydrogen (secondary N) is 1. The fourth-order valence-electron chi connectivity index (χ4n) is 2.66. The van der Waals surface area contributed by atoms with Crippen molar-refractivity contribution in [2.24, 2.45) is 5.92 Å². The van der Waals surface area contributed by atoms with Crippen molar-refractivity contribution < 1.29 is 8.42 Å². The Morgan fingerprint density at radius 1 is 1.35 bits per heavy atom. The molecule has 1 heterocycles. The van der Waals surface area contributed by atoms with Gasteiger partial charge in [0, 0.05) is 38.0 Å². The fourth-order valence-corrected chi connectivity index (χ4v) is 3.23. The van der Waals surface area contributed by atoms with Gasteiger partial charge in [0.25, 0.3) is 0 Å². The topological polar surface area (TPSA) is 49.4 Å². The lowest BCUT2D eigenvalue weighted by Gasteiger charge is -2.40. The molecule has 0 radical (unpaired) electrons. The molecule has 0 aromatic carbocycles. The van der Waals surface area contributed by atoms with Crippen LogP contribution in [0.2, 0.25) is 0 Å². The Labute approximate surface area is 105 Å². The van der Waals surface area contributed by atoms with E-state index >= 15 is 0 Å². The fraction of sp³-hybridized carbons (Fsp3) is 1.00. The zero-order valence-electron chi connectivity index (χ0n) is 10.9. The third-order valence-corrected chi connectivity index (χ3v) is 4.87. The predicted octanol–water partition coefficient (Wildman–Crippen LogP) is 0.493. The van der Waals surface area contributed by atoms with Crippen LogP contribution >= 0.6 is 0 Å². The SMILES string of the molecule is CCC1CN(CCS(C)(=O)=O)C(C2CC2)CN1. The number of piperazine rings is 1. The van der Waals surface area contributed by atoms with Gasteiger partial charge in [-0.05, 0) is 25.2 Å². The van der Waals surface area contributed by atoms with Crippen LogP contribution < -0.4 is 5.32 Å². The monoisotopic (exact) mass is 260 g/mol. The maximum atomic E-state index is 11.3. The summed E-state index contributed by atoms with van der Waals surface area (Å²) in [7, 11) is -2.84. The first-order valence-electron chi connectivity index (χ1n) is 6.64. The molecule has 2 fully saturated rings. The molecule has 2 aliphatic rings. The average molecular weight is 260 g/mol. The van der Waals surface area contributed by atoms with Crippen LogP contribution in [0.3, 0.4) is 0 Å². The molecule has 1 saturated carbocycles. The summed E-state index contributed by atoms with van der Waals surface area (Å²) >= 11 is 0. The Morgan fingerprint density at radius 2 is 2.06 bits per heavy atom. The van der Waals surface area contributed by atoms with Gasteiger partial charge in [-0.15, -0.1) is 0 Å². The van der Waals surface area contributed by atoms with Gasteiger partial charge in [0.2, 0.25) is 0 Å². The lowest BCUT2D eigenvalue weighted by molar-refractivity contribution is 0.121. The number of hydrogen-bond donors (Lipinski definition) is 1. The maximum absolute atomic E-state index is 11.3. The molecule has 4 nitrogen and oxygen atoms in total. The van der Waals surface area contributed by atoms with Crippen molar-refractivity contribution in [3.63, 3.8) is 0 Å². The van der Waals surface area contributed by atoms with E-state index in [9.17, 15) is 8.42 Å². The lowest BCUT2D eigenvalue weighted by atomic mass is 10.0. The second-order valence-corrected chi connectivity index (χ2v) is 7.80. The first-order valence-corrected chi connectivity index (χ1v) is 8.71. The molecule has 0 aromatic heterocycles. The van der Waals surface area contributed by atoms with Crippen molar-refractivity contribution in [1.29, 1.82) is 0 Å². The van der Waals surface area contributed by atoms with Gasteiger partial charge >= 0.3 is 0 Å². The third-order valence-electron chi connectivity index (χ3n) is 3.95. The van der Waals surface area contributed by atoms with Crippen LogP contribution in [-0.4, -0.2) is 57.0 Å². The van der Waals surface area contributed by atoms with Gasteiger partial charge in [-0.25, -0.2) is 8.42 Å². The Balaban J connectivity index is 1.92. The van der Waals surface area contributed by atoms with Crippen molar-refractivity contribution in [2.75, 3.05) is 31.6 Å². The van der Waals surface area contributed by atoms with E-state index in [1.165, 1.54) is 19.1 Å². The Bertz CT molecular complexity index is 352. The van der Waals surface area contributed by atoms with Gasteiger partial charge in [-0.3, -0.25) is 4.90 Å². The Morgan fingerprint density at radius 3 is 2.59 bits per heavy atom. The van der Waals surface area contributed by atoms with Crippen molar-refractivity contribution in [1.82, 2.24) is 10.2 Å². The van der Waals surface area contributed by atoms with E-state index in [1.54, 1.807) is 0 Å². The van der Waals surface area contributed by atoms with Crippen LogP contribution in [0.25, 0.3) is 0 Å². The minimum absolute atomic E-state index is 0.298. The summed E-state index contributed by atoms with van der Waals surface area (Å²) in [5.74, 6) is 1.10. The zero-order valence-corrected chi connectivity index (χ0v) is 11.7. The molecule has 17 heavy (non-hydrogen) atoms. The molecule has 5 heteroatoms. The molecule has 100 valence electrons. The summed E-state index contributed by atoms with van der Waals surface area (Å²) in [6, 6.07) is 1.10. The molecule has 2 unspecified atom stereocenters. The minimum atomic E-state index is -2.84. The van der Waals surface area contributed by atoms with E-state index in [0.717, 1.165) is 25.4 Å². The van der Waals surface area contributed by atoms with Gasteiger partial charge in [0.05, 0.1) is 5.75 Å². The van der Waals surface area contributed by atoms with Gasteiger partial charge in [-0.1, -0.05) is 6.92 Å². The maximum Gasteiger partial charge on any atom is 0.148 e. The number of sulfone groups is 1. The standard InChI is InChI=1S/C12H24N2O2S/c1-3-11-9-14(6-7-17(2,15)16)12(8-13-11)10-4-5-10/h10-13H,3-9H2,1-2H3. The highest BCUT2D eigenvalue weighted by Crippen LogP contribution is 2.36. The predicted molar refractivity (Wildman–Crippen MR) is 69.9 cm³/mol. The lowest BCUT2D eigenvalue weighted by Crippen LogP contribution is -2.57. The molecule has 1 saturated heterocycles. The molecule has 1 aliphatic carbocycles. The highest BCUT2D eigenvalue weighted by molar-refractivity contribution is 7.90. The van der Waals surface area contributed by atoms with E-state index in [1.807, 2.05) is 0 Å². The highest BCUT2D eigenvalue weighted by atomic mass is 32.2. The third kappa shape index (κ3) is 3.93. The summed E-state index contributed by atoms with van der Waals surface area (Å²) in [6.07, 6.45) is 5.09. The zero-order chi connectivity index (χ0) is 12.5. The van der Waals surface area contributed by atoms with Crippen molar-refractivity contribution >= 4 is 9.84 Å². The van der Waals surface area contributed by atoms with E-state index in [-0.39, 0.29) is 0 Å². The quantitative estimate of drug-likeness (QED) is 0.782. The van der Waals surface area contributed by atoms with Crippen molar-refractivity contribution in [3.8, 4) is 0 Å². The first kappa shape index (κ1) is 13.3. The van der Waals surface area contributed by atoms with E-state index < -0.39 is 9.84 Å². The second kappa shape index (κ2) is 5.24. The van der Waals surface area contributed by atoms with Crippen molar-refractivity contribution in [3.05, 3.63) is 0 Å². The molecule has 0 aromatic rings.